The van der Waals surface area contributed by atoms with Crippen molar-refractivity contribution in [1.29, 1.82) is 0 Å². The summed E-state index contributed by atoms with van der Waals surface area (Å²) in [5.74, 6) is -0.515. The van der Waals surface area contributed by atoms with Gasteiger partial charge in [-0.15, -0.1) is 0 Å². The molecule has 0 atom stereocenters. The van der Waals surface area contributed by atoms with Gasteiger partial charge in [0.2, 0.25) is 15.9 Å². The normalized spacial score (nSPS) is 18.2. The molecule has 33 heavy (non-hydrogen) atoms. The summed E-state index contributed by atoms with van der Waals surface area (Å²) in [5.41, 5.74) is 2.03. The minimum atomic E-state index is -3.57. The highest BCUT2D eigenvalue weighted by Crippen LogP contribution is 2.26. The number of hydrogen-bond acceptors (Lipinski definition) is 4. The van der Waals surface area contributed by atoms with Crippen molar-refractivity contribution < 1.29 is 18.0 Å². The van der Waals surface area contributed by atoms with Gasteiger partial charge in [0.1, 0.15) is 0 Å². The molecular weight excluding hydrogens is 438 g/mol. The summed E-state index contributed by atoms with van der Waals surface area (Å²) in [6, 6.07) is 13.9. The van der Waals surface area contributed by atoms with E-state index in [1.165, 1.54) is 4.31 Å². The molecule has 1 N–H and O–H groups in total. The fourth-order valence-corrected chi connectivity index (χ4v) is 5.97. The van der Waals surface area contributed by atoms with Gasteiger partial charge < -0.3 is 10.2 Å². The second-order valence-electron chi connectivity index (χ2n) is 8.88. The maximum absolute atomic E-state index is 13.0. The summed E-state index contributed by atoms with van der Waals surface area (Å²) in [7, 11) is -3.57. The Morgan fingerprint density at radius 2 is 1.52 bits per heavy atom. The van der Waals surface area contributed by atoms with E-state index in [0.717, 1.165) is 37.9 Å². The van der Waals surface area contributed by atoms with Crippen LogP contribution in [0.15, 0.2) is 53.4 Å². The highest BCUT2D eigenvalue weighted by atomic mass is 32.2. The Hall–Kier alpha value is -2.71. The lowest BCUT2D eigenvalue weighted by atomic mass is 9.97. The first-order chi connectivity index (χ1) is 15.9. The fraction of sp³-hybridized carbons (Fsp3) is 0.440. The molecule has 0 unspecified atom stereocenters. The van der Waals surface area contributed by atoms with Gasteiger partial charge in [0.05, 0.1) is 16.1 Å². The molecule has 2 amide bonds. The van der Waals surface area contributed by atoms with Crippen molar-refractivity contribution in [2.24, 2.45) is 5.92 Å². The number of benzene rings is 2. The third-order valence-electron chi connectivity index (χ3n) is 6.54. The Bertz CT molecular complexity index is 1100. The van der Waals surface area contributed by atoms with Crippen LogP contribution in [-0.4, -0.2) is 55.6 Å². The Balaban J connectivity index is 1.39. The average molecular weight is 470 g/mol. The number of piperidine rings is 2. The van der Waals surface area contributed by atoms with Crippen LogP contribution in [0.2, 0.25) is 0 Å². The van der Waals surface area contributed by atoms with E-state index in [1.807, 2.05) is 11.8 Å². The van der Waals surface area contributed by atoms with Crippen LogP contribution in [0.5, 0.6) is 0 Å². The zero-order valence-electron chi connectivity index (χ0n) is 19.0. The number of anilines is 1. The van der Waals surface area contributed by atoms with E-state index in [0.29, 0.717) is 37.2 Å². The highest BCUT2D eigenvalue weighted by molar-refractivity contribution is 7.89. The second kappa shape index (κ2) is 10.1. The van der Waals surface area contributed by atoms with E-state index < -0.39 is 10.0 Å². The number of likely N-dealkylation sites (tertiary alicyclic amines) is 1. The molecule has 0 saturated carbocycles. The standard InChI is InChI=1S/C25H31N3O4S/c1-19-9-11-21(12-10-19)33(31,32)28-17-13-20(14-18-28)24(29)26-23-8-4-3-7-22(23)25(30)27-15-5-2-6-16-27/h3-4,7-12,20H,2,5-6,13-18H2,1H3,(H,26,29). The topological polar surface area (TPSA) is 86.8 Å². The van der Waals surface area contributed by atoms with Crippen LogP contribution in [0.3, 0.4) is 0 Å². The van der Waals surface area contributed by atoms with Crippen molar-refractivity contribution in [1.82, 2.24) is 9.21 Å². The number of aryl methyl sites for hydroxylation is 1. The Labute approximate surface area is 195 Å². The number of rotatable bonds is 5. The maximum atomic E-state index is 13.0. The predicted molar refractivity (Wildman–Crippen MR) is 127 cm³/mol. The minimum Gasteiger partial charge on any atom is -0.339 e. The summed E-state index contributed by atoms with van der Waals surface area (Å²) in [6.07, 6.45) is 4.04. The van der Waals surface area contributed by atoms with Crippen LogP contribution < -0.4 is 5.32 Å². The highest BCUT2D eigenvalue weighted by Gasteiger charge is 2.32. The van der Waals surface area contributed by atoms with Crippen molar-refractivity contribution in [3.63, 3.8) is 0 Å². The third kappa shape index (κ3) is 5.28. The van der Waals surface area contributed by atoms with Gasteiger partial charge in [0.15, 0.2) is 0 Å². The van der Waals surface area contributed by atoms with Gasteiger partial charge in [0.25, 0.3) is 5.91 Å². The van der Waals surface area contributed by atoms with Crippen LogP contribution in [-0.2, 0) is 14.8 Å². The first-order valence-corrected chi connectivity index (χ1v) is 13.1. The molecule has 2 aliphatic rings. The van der Waals surface area contributed by atoms with Crippen molar-refractivity contribution in [3.05, 3.63) is 59.7 Å². The van der Waals surface area contributed by atoms with Crippen LogP contribution in [0.4, 0.5) is 5.69 Å². The van der Waals surface area contributed by atoms with Crippen LogP contribution >= 0.6 is 0 Å². The van der Waals surface area contributed by atoms with Crippen LogP contribution in [0.25, 0.3) is 0 Å². The Kier molecular flexibility index (Phi) is 7.14. The van der Waals surface area contributed by atoms with Gasteiger partial charge in [-0.1, -0.05) is 29.8 Å². The molecule has 2 fully saturated rings. The number of nitrogens with zero attached hydrogens (tertiary/aromatic N) is 2. The first kappa shape index (κ1) is 23.4. The molecule has 2 aromatic rings. The fourth-order valence-electron chi connectivity index (χ4n) is 4.50. The summed E-state index contributed by atoms with van der Waals surface area (Å²) in [6.45, 7) is 3.99. The Morgan fingerprint density at radius 3 is 2.18 bits per heavy atom. The maximum Gasteiger partial charge on any atom is 0.255 e. The zero-order chi connectivity index (χ0) is 23.4. The quantitative estimate of drug-likeness (QED) is 0.724. The molecular formula is C25H31N3O4S. The number of amides is 2. The third-order valence-corrected chi connectivity index (χ3v) is 8.45. The van der Waals surface area contributed by atoms with Crippen LogP contribution in [0.1, 0.15) is 48.0 Å². The molecule has 2 aliphatic heterocycles. The molecule has 2 aromatic carbocycles. The number of carbonyl (C=O) groups is 2. The molecule has 2 heterocycles. The molecule has 2 saturated heterocycles. The lowest BCUT2D eigenvalue weighted by Crippen LogP contribution is -2.41. The minimum absolute atomic E-state index is 0.0513. The van der Waals surface area contributed by atoms with E-state index in [1.54, 1.807) is 48.5 Å². The van der Waals surface area contributed by atoms with E-state index in [9.17, 15) is 18.0 Å². The molecule has 4 rings (SSSR count). The second-order valence-corrected chi connectivity index (χ2v) is 10.8. The van der Waals surface area contributed by atoms with Gasteiger partial charge >= 0.3 is 0 Å². The first-order valence-electron chi connectivity index (χ1n) is 11.6. The van der Waals surface area contributed by atoms with Crippen molar-refractivity contribution in [2.45, 2.75) is 43.9 Å². The van der Waals surface area contributed by atoms with Crippen molar-refractivity contribution in [2.75, 3.05) is 31.5 Å². The van der Waals surface area contributed by atoms with Crippen molar-refractivity contribution in [3.8, 4) is 0 Å². The van der Waals surface area contributed by atoms with Gasteiger partial charge in [-0.05, 0) is 63.3 Å². The lowest BCUT2D eigenvalue weighted by Gasteiger charge is -2.31. The largest absolute Gasteiger partial charge is 0.339 e. The monoisotopic (exact) mass is 469 g/mol. The Morgan fingerprint density at radius 1 is 0.879 bits per heavy atom. The number of hydrogen-bond donors (Lipinski definition) is 1. The molecule has 176 valence electrons. The average Bonchev–Trinajstić information content (AvgIpc) is 2.85. The molecule has 0 radical (unpaired) electrons. The van der Waals surface area contributed by atoms with E-state index in [4.69, 9.17) is 0 Å². The van der Waals surface area contributed by atoms with E-state index in [-0.39, 0.29) is 22.6 Å². The van der Waals surface area contributed by atoms with Gasteiger partial charge in [0, 0.05) is 32.1 Å². The summed E-state index contributed by atoms with van der Waals surface area (Å²) < 4.78 is 27.3. The molecule has 7 nitrogen and oxygen atoms in total. The molecule has 8 heteroatoms. The number of nitrogens with one attached hydrogen (secondary N) is 1. The number of para-hydroxylation sites is 1. The van der Waals surface area contributed by atoms with E-state index >= 15 is 0 Å². The van der Waals surface area contributed by atoms with Crippen LogP contribution in [0, 0.1) is 12.8 Å². The predicted octanol–water partition coefficient (Wildman–Crippen LogP) is 3.66. The SMILES string of the molecule is Cc1ccc(S(=O)(=O)N2CCC(C(=O)Nc3ccccc3C(=O)N3CCCCC3)CC2)cc1. The molecule has 0 spiro atoms. The molecule has 0 aromatic heterocycles. The summed E-state index contributed by atoms with van der Waals surface area (Å²) in [5, 5.41) is 2.94. The zero-order valence-corrected chi connectivity index (χ0v) is 19.8. The smallest absolute Gasteiger partial charge is 0.255 e. The summed E-state index contributed by atoms with van der Waals surface area (Å²) >= 11 is 0. The van der Waals surface area contributed by atoms with Gasteiger partial charge in [-0.25, -0.2) is 8.42 Å². The van der Waals surface area contributed by atoms with Gasteiger partial charge in [-0.3, -0.25) is 9.59 Å². The van der Waals surface area contributed by atoms with Gasteiger partial charge in [-0.2, -0.15) is 4.31 Å². The van der Waals surface area contributed by atoms with Crippen molar-refractivity contribution >= 4 is 27.5 Å². The molecule has 0 aliphatic carbocycles. The lowest BCUT2D eigenvalue weighted by molar-refractivity contribution is -0.120. The summed E-state index contributed by atoms with van der Waals surface area (Å²) in [4.78, 5) is 28.1. The number of sulfonamides is 1. The van der Waals surface area contributed by atoms with E-state index in [2.05, 4.69) is 5.32 Å². The number of carbonyl (C=O) groups excluding carboxylic acids is 2. The molecule has 0 bridgehead atoms.